The summed E-state index contributed by atoms with van der Waals surface area (Å²) in [5.74, 6) is 0. The number of hydrogen-bond donors (Lipinski definition) is 4. The minimum atomic E-state index is -1.35. The smallest absolute Gasteiger partial charge is 0.121 e. The second-order valence-electron chi connectivity index (χ2n) is 6.83. The molecule has 1 fully saturated rings. The van der Waals surface area contributed by atoms with Gasteiger partial charge in [-0.2, -0.15) is 0 Å². The summed E-state index contributed by atoms with van der Waals surface area (Å²) in [6.07, 6.45) is -3.76. The van der Waals surface area contributed by atoms with Gasteiger partial charge in [0.05, 0.1) is 6.61 Å². The normalized spacial score (nSPS) is 29.1. The van der Waals surface area contributed by atoms with E-state index in [0.29, 0.717) is 0 Å². The zero-order valence-corrected chi connectivity index (χ0v) is 15.8. The number of hydrogen-bond acceptors (Lipinski definition) is 6. The summed E-state index contributed by atoms with van der Waals surface area (Å²) in [6.45, 7) is 3.74. The molecule has 4 N–H and O–H groups in total. The van der Waals surface area contributed by atoms with Crippen molar-refractivity contribution >= 4 is 11.3 Å². The van der Waals surface area contributed by atoms with E-state index in [1.807, 2.05) is 13.0 Å². The second kappa shape index (κ2) is 8.17. The number of aliphatic hydroxyl groups excluding tert-OH is 4. The highest BCUT2D eigenvalue weighted by Gasteiger charge is 2.44. The minimum Gasteiger partial charge on any atom is -0.394 e. The Morgan fingerprint density at radius 1 is 1.00 bits per heavy atom. The van der Waals surface area contributed by atoms with Crippen LogP contribution in [-0.4, -0.2) is 51.4 Å². The molecule has 0 unspecified atom stereocenters. The maximum Gasteiger partial charge on any atom is 0.121 e. The van der Waals surface area contributed by atoms with Crippen LogP contribution in [0.15, 0.2) is 30.3 Å². The van der Waals surface area contributed by atoms with Crippen molar-refractivity contribution < 1.29 is 25.2 Å². The number of thiophene rings is 1. The minimum absolute atomic E-state index is 0.414. The summed E-state index contributed by atoms with van der Waals surface area (Å²) in [5, 5.41) is 39.6. The Kier molecular flexibility index (Phi) is 6.12. The van der Waals surface area contributed by atoms with Gasteiger partial charge in [-0.15, -0.1) is 11.3 Å². The Hall–Kier alpha value is -1.28. The number of ether oxygens (including phenoxy) is 1. The maximum atomic E-state index is 10.3. The molecule has 1 aromatic heterocycles. The Balaban J connectivity index is 1.80. The van der Waals surface area contributed by atoms with Crippen molar-refractivity contribution in [3.05, 3.63) is 56.8 Å². The summed E-state index contributed by atoms with van der Waals surface area (Å²) in [6, 6.07) is 10.5. The molecule has 142 valence electrons. The predicted octanol–water partition coefficient (Wildman–Crippen LogP) is 1.72. The molecule has 0 bridgehead atoms. The first-order valence-electron chi connectivity index (χ1n) is 8.92. The van der Waals surface area contributed by atoms with E-state index in [9.17, 15) is 20.4 Å². The molecular formula is C20H26O5S. The molecule has 6 heteroatoms. The van der Waals surface area contributed by atoms with Crippen LogP contribution >= 0.6 is 11.3 Å². The van der Waals surface area contributed by atoms with Gasteiger partial charge in [-0.3, -0.25) is 0 Å². The summed E-state index contributed by atoms with van der Waals surface area (Å²) in [4.78, 5) is 1.91. The van der Waals surface area contributed by atoms with Crippen molar-refractivity contribution in [3.63, 3.8) is 0 Å². The standard InChI is InChI=1S/C20H26O5S/c1-3-12-4-6-13(7-5-12)8-14-9-16(26-11(14)2)20-19(24)18(23)17(22)15(10-21)25-20/h4-7,9,15,17-24H,3,8,10H2,1-2H3/t15-,17-,18+,19-,20+/m1/s1. The number of benzene rings is 1. The Morgan fingerprint density at radius 3 is 2.27 bits per heavy atom. The van der Waals surface area contributed by atoms with Gasteiger partial charge in [-0.25, -0.2) is 0 Å². The Bertz CT molecular complexity index is 724. The molecule has 1 aromatic carbocycles. The van der Waals surface area contributed by atoms with Gasteiger partial charge in [-0.1, -0.05) is 31.2 Å². The third-order valence-corrected chi connectivity index (χ3v) is 6.19. The molecule has 1 aliphatic heterocycles. The number of aliphatic hydroxyl groups is 4. The van der Waals surface area contributed by atoms with Gasteiger partial charge >= 0.3 is 0 Å². The molecule has 3 rings (SSSR count). The zero-order valence-electron chi connectivity index (χ0n) is 15.0. The van der Waals surface area contributed by atoms with E-state index in [1.165, 1.54) is 22.5 Å². The third-order valence-electron chi connectivity index (χ3n) is 5.04. The summed E-state index contributed by atoms with van der Waals surface area (Å²) >= 11 is 1.51. The number of rotatable bonds is 5. The monoisotopic (exact) mass is 378 g/mol. The van der Waals surface area contributed by atoms with E-state index in [0.717, 1.165) is 28.2 Å². The molecule has 1 aliphatic rings. The van der Waals surface area contributed by atoms with Gasteiger partial charge in [0, 0.05) is 9.75 Å². The fourth-order valence-electron chi connectivity index (χ4n) is 3.31. The first-order valence-corrected chi connectivity index (χ1v) is 9.73. The van der Waals surface area contributed by atoms with E-state index in [-0.39, 0.29) is 0 Å². The predicted molar refractivity (Wildman–Crippen MR) is 100 cm³/mol. The van der Waals surface area contributed by atoms with Crippen molar-refractivity contribution in [3.8, 4) is 0 Å². The van der Waals surface area contributed by atoms with Crippen LogP contribution in [0.2, 0.25) is 0 Å². The van der Waals surface area contributed by atoms with E-state index >= 15 is 0 Å². The van der Waals surface area contributed by atoms with Gasteiger partial charge in [0.2, 0.25) is 0 Å². The van der Waals surface area contributed by atoms with Crippen molar-refractivity contribution in [1.29, 1.82) is 0 Å². The lowest BCUT2D eigenvalue weighted by Crippen LogP contribution is -2.55. The Labute approximate surface area is 157 Å². The van der Waals surface area contributed by atoms with Crippen molar-refractivity contribution in [2.24, 2.45) is 0 Å². The van der Waals surface area contributed by atoms with Crippen LogP contribution in [0, 0.1) is 6.92 Å². The third kappa shape index (κ3) is 3.86. The van der Waals surface area contributed by atoms with Crippen LogP contribution < -0.4 is 0 Å². The van der Waals surface area contributed by atoms with Gasteiger partial charge in [-0.05, 0) is 42.5 Å². The van der Waals surface area contributed by atoms with Gasteiger partial charge in [0.25, 0.3) is 0 Å². The maximum absolute atomic E-state index is 10.3. The zero-order chi connectivity index (χ0) is 18.8. The quantitative estimate of drug-likeness (QED) is 0.636. The SMILES string of the molecule is CCc1ccc(Cc2cc([C@@H]3O[C@H](CO)[C@@H](O)[C@H](O)[C@H]3O)sc2C)cc1. The Morgan fingerprint density at radius 2 is 1.65 bits per heavy atom. The van der Waals surface area contributed by atoms with Gasteiger partial charge < -0.3 is 25.2 Å². The summed E-state index contributed by atoms with van der Waals surface area (Å²) < 4.78 is 5.67. The van der Waals surface area contributed by atoms with Gasteiger partial charge in [0.1, 0.15) is 30.5 Å². The molecule has 0 saturated carbocycles. The van der Waals surface area contributed by atoms with Crippen LogP contribution in [0.3, 0.4) is 0 Å². The average Bonchev–Trinajstić information content (AvgIpc) is 3.01. The number of aryl methyl sites for hydroxylation is 2. The van der Waals surface area contributed by atoms with Crippen molar-refractivity contribution in [1.82, 2.24) is 0 Å². The summed E-state index contributed by atoms with van der Waals surface area (Å²) in [7, 11) is 0. The van der Waals surface area contributed by atoms with Crippen molar-refractivity contribution in [2.75, 3.05) is 6.61 Å². The molecule has 5 atom stereocenters. The average molecular weight is 378 g/mol. The molecule has 2 aromatic rings. The highest BCUT2D eigenvalue weighted by Crippen LogP contribution is 2.37. The first kappa shape index (κ1) is 19.5. The van der Waals surface area contributed by atoms with Gasteiger partial charge in [0.15, 0.2) is 0 Å². The fraction of sp³-hybridized carbons (Fsp3) is 0.500. The second-order valence-corrected chi connectivity index (χ2v) is 8.11. The molecule has 2 heterocycles. The van der Waals surface area contributed by atoms with E-state index < -0.39 is 37.1 Å². The molecule has 5 nitrogen and oxygen atoms in total. The molecule has 26 heavy (non-hydrogen) atoms. The van der Waals surface area contributed by atoms with Crippen LogP contribution in [0.25, 0.3) is 0 Å². The highest BCUT2D eigenvalue weighted by molar-refractivity contribution is 7.12. The van der Waals surface area contributed by atoms with E-state index in [1.54, 1.807) is 0 Å². The molecular weight excluding hydrogens is 352 g/mol. The van der Waals surface area contributed by atoms with Crippen LogP contribution in [0.5, 0.6) is 0 Å². The lowest BCUT2D eigenvalue weighted by molar-refractivity contribution is -0.230. The van der Waals surface area contributed by atoms with E-state index in [2.05, 4.69) is 31.2 Å². The lowest BCUT2D eigenvalue weighted by Gasteiger charge is -2.39. The van der Waals surface area contributed by atoms with Crippen LogP contribution in [0.4, 0.5) is 0 Å². The lowest BCUT2D eigenvalue weighted by atomic mass is 9.94. The van der Waals surface area contributed by atoms with Crippen LogP contribution in [-0.2, 0) is 17.6 Å². The molecule has 0 amide bonds. The van der Waals surface area contributed by atoms with E-state index in [4.69, 9.17) is 4.74 Å². The summed E-state index contributed by atoms with van der Waals surface area (Å²) in [5.41, 5.74) is 3.66. The molecule has 1 saturated heterocycles. The first-order chi connectivity index (χ1) is 12.4. The van der Waals surface area contributed by atoms with Crippen LogP contribution in [0.1, 0.15) is 39.5 Å². The molecule has 0 aliphatic carbocycles. The topological polar surface area (TPSA) is 90.2 Å². The van der Waals surface area contributed by atoms with Crippen molar-refractivity contribution in [2.45, 2.75) is 57.2 Å². The largest absolute Gasteiger partial charge is 0.394 e. The molecule has 0 spiro atoms. The molecule has 0 radical (unpaired) electrons. The highest BCUT2D eigenvalue weighted by atomic mass is 32.1. The fourth-order valence-corrected chi connectivity index (χ4v) is 4.44.